The number of allylic oxidation sites excluding steroid dienone is 1. The van der Waals surface area contributed by atoms with E-state index in [1.165, 1.54) is 6.07 Å². The van der Waals surface area contributed by atoms with Crippen molar-refractivity contribution >= 4 is 22.7 Å². The monoisotopic (exact) mass is 359 g/mol. The SMILES string of the molecule is CC(=O)c1ccc2c(c1)CC=C(c1ccc(O)cc1F)c1ccccc1N2. The van der Waals surface area contributed by atoms with Gasteiger partial charge in [0.2, 0.25) is 0 Å². The molecule has 3 nitrogen and oxygen atoms in total. The molecule has 1 heterocycles. The third-order valence-corrected chi connectivity index (χ3v) is 4.77. The Morgan fingerprint density at radius 1 is 1.00 bits per heavy atom. The molecule has 1 aliphatic rings. The molecule has 0 aliphatic carbocycles. The maximum Gasteiger partial charge on any atom is 0.159 e. The molecule has 1 aliphatic heterocycles. The number of para-hydroxylation sites is 1. The van der Waals surface area contributed by atoms with Gasteiger partial charge in [-0.3, -0.25) is 4.79 Å². The number of rotatable bonds is 2. The third-order valence-electron chi connectivity index (χ3n) is 4.77. The van der Waals surface area contributed by atoms with Crippen molar-refractivity contribution in [3.63, 3.8) is 0 Å². The number of phenols is 1. The van der Waals surface area contributed by atoms with E-state index < -0.39 is 5.82 Å². The van der Waals surface area contributed by atoms with E-state index in [1.807, 2.05) is 48.5 Å². The molecule has 4 heteroatoms. The van der Waals surface area contributed by atoms with Crippen molar-refractivity contribution in [2.45, 2.75) is 13.3 Å². The second-order valence-electron chi connectivity index (χ2n) is 6.58. The Kier molecular flexibility index (Phi) is 4.24. The van der Waals surface area contributed by atoms with Crippen LogP contribution in [0, 0.1) is 5.82 Å². The van der Waals surface area contributed by atoms with Crippen LogP contribution in [0.1, 0.15) is 34.0 Å². The lowest BCUT2D eigenvalue weighted by molar-refractivity contribution is 0.101. The van der Waals surface area contributed by atoms with Gasteiger partial charge in [0, 0.05) is 34.1 Å². The fourth-order valence-corrected chi connectivity index (χ4v) is 3.38. The van der Waals surface area contributed by atoms with Gasteiger partial charge in [-0.05, 0) is 60.9 Å². The summed E-state index contributed by atoms with van der Waals surface area (Å²) in [6.07, 6.45) is 2.52. The summed E-state index contributed by atoms with van der Waals surface area (Å²) in [5.74, 6) is -0.575. The van der Waals surface area contributed by atoms with Crippen LogP contribution in [0.15, 0.2) is 66.7 Å². The molecular formula is C23H18FNO2. The van der Waals surface area contributed by atoms with Gasteiger partial charge in [0.15, 0.2) is 5.78 Å². The molecule has 0 aromatic heterocycles. The molecule has 4 rings (SSSR count). The van der Waals surface area contributed by atoms with Crippen LogP contribution in [-0.2, 0) is 6.42 Å². The Morgan fingerprint density at radius 3 is 2.59 bits per heavy atom. The fourth-order valence-electron chi connectivity index (χ4n) is 3.38. The summed E-state index contributed by atoms with van der Waals surface area (Å²) in [6.45, 7) is 1.54. The highest BCUT2D eigenvalue weighted by Crippen LogP contribution is 2.37. The summed E-state index contributed by atoms with van der Waals surface area (Å²) in [6, 6.07) is 17.5. The van der Waals surface area contributed by atoms with Crippen molar-refractivity contribution in [3.8, 4) is 5.75 Å². The number of fused-ring (bicyclic) bond motifs is 2. The average Bonchev–Trinajstić information content (AvgIpc) is 2.63. The second-order valence-corrected chi connectivity index (χ2v) is 6.58. The molecule has 0 saturated heterocycles. The van der Waals surface area contributed by atoms with Crippen LogP contribution in [0.3, 0.4) is 0 Å². The zero-order valence-corrected chi connectivity index (χ0v) is 14.8. The highest BCUT2D eigenvalue weighted by Gasteiger charge is 2.18. The van der Waals surface area contributed by atoms with Gasteiger partial charge in [-0.1, -0.05) is 24.3 Å². The summed E-state index contributed by atoms with van der Waals surface area (Å²) in [5, 5.41) is 13.0. The van der Waals surface area contributed by atoms with Crippen molar-refractivity contribution in [1.82, 2.24) is 0 Å². The summed E-state index contributed by atoms with van der Waals surface area (Å²) in [5.41, 5.74) is 5.44. The number of carbonyl (C=O) groups excluding carboxylic acids is 1. The zero-order chi connectivity index (χ0) is 19.0. The van der Waals surface area contributed by atoms with Crippen LogP contribution in [0.2, 0.25) is 0 Å². The first-order chi connectivity index (χ1) is 13.0. The number of halogens is 1. The molecule has 0 unspecified atom stereocenters. The Balaban J connectivity index is 1.91. The number of phenolic OH excluding ortho intramolecular Hbond substituents is 1. The van der Waals surface area contributed by atoms with Crippen LogP contribution >= 0.6 is 0 Å². The average molecular weight is 359 g/mol. The van der Waals surface area contributed by atoms with E-state index >= 15 is 0 Å². The zero-order valence-electron chi connectivity index (χ0n) is 14.8. The molecule has 0 bridgehead atoms. The Morgan fingerprint density at radius 2 is 1.81 bits per heavy atom. The molecule has 3 aromatic carbocycles. The lowest BCUT2D eigenvalue weighted by atomic mass is 9.91. The first-order valence-electron chi connectivity index (χ1n) is 8.72. The molecule has 27 heavy (non-hydrogen) atoms. The third kappa shape index (κ3) is 3.22. The van der Waals surface area contributed by atoms with Crippen molar-refractivity contribution in [2.24, 2.45) is 0 Å². The summed E-state index contributed by atoms with van der Waals surface area (Å²) in [4.78, 5) is 11.7. The number of Topliss-reactive ketones (excluding diaryl/α,β-unsaturated/α-hetero) is 1. The van der Waals surface area contributed by atoms with Gasteiger partial charge in [-0.15, -0.1) is 0 Å². The van der Waals surface area contributed by atoms with Crippen LogP contribution in [0.25, 0.3) is 5.57 Å². The van der Waals surface area contributed by atoms with E-state index in [2.05, 4.69) is 5.32 Å². The van der Waals surface area contributed by atoms with Crippen molar-refractivity contribution in [3.05, 3.63) is 94.8 Å². The van der Waals surface area contributed by atoms with Gasteiger partial charge in [-0.2, -0.15) is 0 Å². The van der Waals surface area contributed by atoms with Crippen molar-refractivity contribution in [2.75, 3.05) is 5.32 Å². The normalized spacial score (nSPS) is 12.7. The number of aromatic hydroxyl groups is 1. The van der Waals surface area contributed by atoms with Gasteiger partial charge in [0.1, 0.15) is 11.6 Å². The van der Waals surface area contributed by atoms with Gasteiger partial charge in [0.05, 0.1) is 0 Å². The lowest BCUT2D eigenvalue weighted by Gasteiger charge is -2.21. The lowest BCUT2D eigenvalue weighted by Crippen LogP contribution is -2.05. The van der Waals surface area contributed by atoms with Crippen LogP contribution < -0.4 is 5.32 Å². The number of hydrogen-bond donors (Lipinski definition) is 2. The van der Waals surface area contributed by atoms with E-state index in [1.54, 1.807) is 13.0 Å². The molecule has 0 fully saturated rings. The van der Waals surface area contributed by atoms with Crippen molar-refractivity contribution in [1.29, 1.82) is 0 Å². The number of carbonyl (C=O) groups is 1. The highest BCUT2D eigenvalue weighted by atomic mass is 19.1. The quantitative estimate of drug-likeness (QED) is 0.597. The largest absolute Gasteiger partial charge is 0.508 e. The molecule has 2 N–H and O–H groups in total. The van der Waals surface area contributed by atoms with Crippen LogP contribution in [0.5, 0.6) is 5.75 Å². The summed E-state index contributed by atoms with van der Waals surface area (Å²) in [7, 11) is 0. The first-order valence-corrected chi connectivity index (χ1v) is 8.72. The Labute approximate surface area is 156 Å². The van der Waals surface area contributed by atoms with Gasteiger partial charge < -0.3 is 10.4 Å². The van der Waals surface area contributed by atoms with Gasteiger partial charge in [-0.25, -0.2) is 4.39 Å². The topological polar surface area (TPSA) is 49.3 Å². The van der Waals surface area contributed by atoms with E-state index in [0.29, 0.717) is 17.5 Å². The van der Waals surface area contributed by atoms with Gasteiger partial charge in [0.25, 0.3) is 0 Å². The highest BCUT2D eigenvalue weighted by molar-refractivity contribution is 5.95. The molecule has 0 radical (unpaired) electrons. The maximum absolute atomic E-state index is 14.6. The first kappa shape index (κ1) is 17.0. The van der Waals surface area contributed by atoms with E-state index in [-0.39, 0.29) is 11.5 Å². The molecule has 0 spiro atoms. The minimum absolute atomic E-state index is 0.00837. The number of anilines is 2. The smallest absolute Gasteiger partial charge is 0.159 e. The molecule has 0 atom stereocenters. The number of hydrogen-bond acceptors (Lipinski definition) is 3. The van der Waals surface area contributed by atoms with Gasteiger partial charge >= 0.3 is 0 Å². The number of benzene rings is 3. The molecule has 0 saturated carbocycles. The minimum atomic E-state index is -0.477. The predicted octanol–water partition coefficient (Wildman–Crippen LogP) is 5.47. The Bertz CT molecular complexity index is 1090. The van der Waals surface area contributed by atoms with E-state index in [9.17, 15) is 14.3 Å². The maximum atomic E-state index is 14.6. The standard InChI is InChI=1S/C23H18FNO2/c1-14(26)15-7-11-22-16(12-15)6-9-18(19-10-8-17(27)13-21(19)24)20-4-2-3-5-23(20)25-22/h2-5,7-13,25,27H,6H2,1H3. The second kappa shape index (κ2) is 6.72. The fraction of sp³-hybridized carbons (Fsp3) is 0.0870. The molecule has 3 aromatic rings. The van der Waals surface area contributed by atoms with Crippen molar-refractivity contribution < 1.29 is 14.3 Å². The van der Waals surface area contributed by atoms with E-state index in [0.717, 1.165) is 34.1 Å². The minimum Gasteiger partial charge on any atom is -0.508 e. The Hall–Kier alpha value is -3.40. The number of ketones is 1. The molecule has 134 valence electrons. The van der Waals surface area contributed by atoms with Crippen LogP contribution in [0.4, 0.5) is 15.8 Å². The summed E-state index contributed by atoms with van der Waals surface area (Å²) >= 11 is 0. The molecule has 0 amide bonds. The predicted molar refractivity (Wildman–Crippen MR) is 105 cm³/mol. The summed E-state index contributed by atoms with van der Waals surface area (Å²) < 4.78 is 14.6. The molecular weight excluding hydrogens is 341 g/mol. The number of nitrogens with one attached hydrogen (secondary N) is 1. The van der Waals surface area contributed by atoms with Crippen LogP contribution in [-0.4, -0.2) is 10.9 Å². The van der Waals surface area contributed by atoms with E-state index in [4.69, 9.17) is 0 Å².